The zero-order valence-electron chi connectivity index (χ0n) is 9.95. The van der Waals surface area contributed by atoms with Crippen molar-refractivity contribution in [3.63, 3.8) is 0 Å². The van der Waals surface area contributed by atoms with E-state index in [9.17, 15) is 14.9 Å². The van der Waals surface area contributed by atoms with Crippen LogP contribution in [0.2, 0.25) is 0 Å². The molecule has 0 aliphatic heterocycles. The SMILES string of the molecule is CC(C)CC(C(=O)O)c1c([N+](=O)[O-])ncn1C. The lowest BCUT2D eigenvalue weighted by Gasteiger charge is -2.14. The molecular formula is C10H15N3O4. The van der Waals surface area contributed by atoms with E-state index in [1.54, 1.807) is 7.05 Å². The lowest BCUT2D eigenvalue weighted by molar-refractivity contribution is -0.390. The van der Waals surface area contributed by atoms with Gasteiger partial charge in [0.1, 0.15) is 11.6 Å². The molecule has 94 valence electrons. The summed E-state index contributed by atoms with van der Waals surface area (Å²) in [6.07, 6.45) is 1.61. The largest absolute Gasteiger partial charge is 0.481 e. The number of carboxylic acid groups (broad SMARTS) is 1. The average Bonchev–Trinajstić information content (AvgIpc) is 2.56. The van der Waals surface area contributed by atoms with E-state index >= 15 is 0 Å². The number of nitro groups is 1. The Bertz CT molecular complexity index is 439. The zero-order valence-corrected chi connectivity index (χ0v) is 9.95. The minimum atomic E-state index is -1.06. The predicted octanol–water partition coefficient (Wildman–Crippen LogP) is 1.54. The Morgan fingerprint density at radius 1 is 1.65 bits per heavy atom. The molecule has 0 bridgehead atoms. The monoisotopic (exact) mass is 241 g/mol. The van der Waals surface area contributed by atoms with Crippen LogP contribution in [-0.2, 0) is 11.8 Å². The van der Waals surface area contributed by atoms with E-state index in [0.717, 1.165) is 0 Å². The molecule has 0 aromatic carbocycles. The molecule has 1 heterocycles. The highest BCUT2D eigenvalue weighted by molar-refractivity contribution is 5.76. The van der Waals surface area contributed by atoms with Crippen LogP contribution in [0.25, 0.3) is 0 Å². The fraction of sp³-hybridized carbons (Fsp3) is 0.600. The Morgan fingerprint density at radius 2 is 2.24 bits per heavy atom. The van der Waals surface area contributed by atoms with Crippen LogP contribution < -0.4 is 0 Å². The second kappa shape index (κ2) is 4.94. The summed E-state index contributed by atoms with van der Waals surface area (Å²) in [6.45, 7) is 3.75. The molecule has 1 aromatic rings. The van der Waals surface area contributed by atoms with Gasteiger partial charge in [-0.05, 0) is 22.2 Å². The van der Waals surface area contributed by atoms with E-state index in [-0.39, 0.29) is 17.4 Å². The molecule has 0 amide bonds. The summed E-state index contributed by atoms with van der Waals surface area (Å²) in [5.74, 6) is -2.21. The maximum Gasteiger partial charge on any atom is 0.385 e. The summed E-state index contributed by atoms with van der Waals surface area (Å²) >= 11 is 0. The van der Waals surface area contributed by atoms with Crippen molar-refractivity contribution >= 4 is 11.8 Å². The van der Waals surface area contributed by atoms with Gasteiger partial charge in [-0.2, -0.15) is 0 Å². The molecule has 0 radical (unpaired) electrons. The number of aryl methyl sites for hydroxylation is 1. The summed E-state index contributed by atoms with van der Waals surface area (Å²) in [4.78, 5) is 25.0. The summed E-state index contributed by atoms with van der Waals surface area (Å²) in [5.41, 5.74) is 0.149. The third-order valence-electron chi connectivity index (χ3n) is 2.47. The summed E-state index contributed by atoms with van der Waals surface area (Å²) in [6, 6.07) is 0. The highest BCUT2D eigenvalue weighted by Gasteiger charge is 2.32. The van der Waals surface area contributed by atoms with E-state index in [0.29, 0.717) is 6.42 Å². The first-order valence-electron chi connectivity index (χ1n) is 5.23. The molecule has 1 unspecified atom stereocenters. The second-order valence-electron chi connectivity index (χ2n) is 4.34. The third kappa shape index (κ3) is 2.80. The van der Waals surface area contributed by atoms with Gasteiger partial charge in [-0.1, -0.05) is 13.8 Å². The minimum absolute atomic E-state index is 0.130. The van der Waals surface area contributed by atoms with Crippen molar-refractivity contribution in [2.45, 2.75) is 26.2 Å². The first kappa shape index (κ1) is 13.1. The van der Waals surface area contributed by atoms with E-state index in [2.05, 4.69) is 4.98 Å². The van der Waals surface area contributed by atoms with Crippen LogP contribution in [0, 0.1) is 16.0 Å². The van der Waals surface area contributed by atoms with Crippen LogP contribution >= 0.6 is 0 Å². The van der Waals surface area contributed by atoms with E-state index < -0.39 is 16.8 Å². The highest BCUT2D eigenvalue weighted by atomic mass is 16.6. The first-order valence-corrected chi connectivity index (χ1v) is 5.23. The van der Waals surface area contributed by atoms with Crippen LogP contribution in [0.3, 0.4) is 0 Å². The summed E-state index contributed by atoms with van der Waals surface area (Å²) in [7, 11) is 1.56. The number of imidazole rings is 1. The fourth-order valence-corrected chi connectivity index (χ4v) is 1.77. The number of carbonyl (C=O) groups is 1. The standard InChI is InChI=1S/C10H15N3O4/c1-6(2)4-7(10(14)15)8-9(13(16)17)11-5-12(8)3/h5-7H,4H2,1-3H3,(H,14,15). The Balaban J connectivity index is 3.22. The average molecular weight is 241 g/mol. The second-order valence-corrected chi connectivity index (χ2v) is 4.34. The molecule has 7 heteroatoms. The number of nitrogens with zero attached hydrogens (tertiary/aromatic N) is 3. The predicted molar refractivity (Wildman–Crippen MR) is 59.7 cm³/mol. The molecule has 0 aliphatic rings. The first-order chi connectivity index (χ1) is 7.84. The quantitative estimate of drug-likeness (QED) is 0.622. The van der Waals surface area contributed by atoms with Gasteiger partial charge in [0, 0.05) is 7.05 Å². The van der Waals surface area contributed by atoms with Gasteiger partial charge in [-0.25, -0.2) is 0 Å². The molecular weight excluding hydrogens is 226 g/mol. The van der Waals surface area contributed by atoms with Crippen molar-refractivity contribution < 1.29 is 14.8 Å². The van der Waals surface area contributed by atoms with Crippen molar-refractivity contribution in [2.24, 2.45) is 13.0 Å². The highest BCUT2D eigenvalue weighted by Crippen LogP contribution is 2.30. The smallest absolute Gasteiger partial charge is 0.385 e. The van der Waals surface area contributed by atoms with Gasteiger partial charge >= 0.3 is 11.8 Å². The lowest BCUT2D eigenvalue weighted by Crippen LogP contribution is -2.18. The van der Waals surface area contributed by atoms with Crippen molar-refractivity contribution in [1.82, 2.24) is 9.55 Å². The van der Waals surface area contributed by atoms with Gasteiger partial charge in [0.25, 0.3) is 0 Å². The van der Waals surface area contributed by atoms with Gasteiger partial charge < -0.3 is 19.8 Å². The van der Waals surface area contributed by atoms with Crippen molar-refractivity contribution in [3.05, 3.63) is 22.1 Å². The maximum atomic E-state index is 11.2. The van der Waals surface area contributed by atoms with Gasteiger partial charge in [0.05, 0.1) is 0 Å². The topological polar surface area (TPSA) is 98.3 Å². The van der Waals surface area contributed by atoms with Gasteiger partial charge in [-0.3, -0.25) is 4.79 Å². The van der Waals surface area contributed by atoms with Gasteiger partial charge in [-0.15, -0.1) is 0 Å². The molecule has 1 N–H and O–H groups in total. The van der Waals surface area contributed by atoms with Crippen LogP contribution in [0.1, 0.15) is 31.9 Å². The van der Waals surface area contributed by atoms with E-state index in [1.807, 2.05) is 13.8 Å². The van der Waals surface area contributed by atoms with Gasteiger partial charge in [0.15, 0.2) is 0 Å². The van der Waals surface area contributed by atoms with Crippen molar-refractivity contribution in [3.8, 4) is 0 Å². The molecule has 0 spiro atoms. The molecule has 0 aliphatic carbocycles. The van der Waals surface area contributed by atoms with Gasteiger partial charge in [0.2, 0.25) is 6.33 Å². The molecule has 1 aromatic heterocycles. The molecule has 7 nitrogen and oxygen atoms in total. The van der Waals surface area contributed by atoms with E-state index in [1.165, 1.54) is 10.9 Å². The Morgan fingerprint density at radius 3 is 2.65 bits per heavy atom. The number of carboxylic acids is 1. The Hall–Kier alpha value is -1.92. The molecule has 1 atom stereocenters. The van der Waals surface area contributed by atoms with Crippen LogP contribution in [0.5, 0.6) is 0 Å². The number of hydrogen-bond acceptors (Lipinski definition) is 4. The van der Waals surface area contributed by atoms with Crippen LogP contribution in [0.15, 0.2) is 6.33 Å². The number of aromatic nitrogens is 2. The van der Waals surface area contributed by atoms with Crippen molar-refractivity contribution in [1.29, 1.82) is 0 Å². The van der Waals surface area contributed by atoms with Crippen LogP contribution in [-0.4, -0.2) is 25.6 Å². The maximum absolute atomic E-state index is 11.2. The Labute approximate surface area is 98.2 Å². The minimum Gasteiger partial charge on any atom is -0.481 e. The molecule has 0 fully saturated rings. The molecule has 1 rings (SSSR count). The molecule has 17 heavy (non-hydrogen) atoms. The molecule has 0 saturated carbocycles. The number of aliphatic carboxylic acids is 1. The summed E-state index contributed by atoms with van der Waals surface area (Å²) < 4.78 is 1.40. The van der Waals surface area contributed by atoms with Crippen LogP contribution in [0.4, 0.5) is 5.82 Å². The normalized spacial score (nSPS) is 12.7. The fourth-order valence-electron chi connectivity index (χ4n) is 1.77. The number of rotatable bonds is 5. The third-order valence-corrected chi connectivity index (χ3v) is 2.47. The van der Waals surface area contributed by atoms with Crippen molar-refractivity contribution in [2.75, 3.05) is 0 Å². The Kier molecular flexibility index (Phi) is 3.82. The number of hydrogen-bond donors (Lipinski definition) is 1. The molecule has 0 saturated heterocycles. The summed E-state index contributed by atoms with van der Waals surface area (Å²) in [5, 5.41) is 19.9. The lowest BCUT2D eigenvalue weighted by atomic mass is 9.94. The zero-order chi connectivity index (χ0) is 13.2. The van der Waals surface area contributed by atoms with E-state index in [4.69, 9.17) is 5.11 Å².